The second kappa shape index (κ2) is 10.3. The zero-order chi connectivity index (χ0) is 26.7. The lowest BCUT2D eigenvalue weighted by Gasteiger charge is -2.35. The smallest absolute Gasteiger partial charge is 0.383 e. The minimum atomic E-state index is -5.24. The number of benzene rings is 2. The van der Waals surface area contributed by atoms with Crippen LogP contribution in [0.5, 0.6) is 0 Å². The van der Waals surface area contributed by atoms with Gasteiger partial charge in [0.1, 0.15) is 17.1 Å². The predicted molar refractivity (Wildman–Crippen MR) is 119 cm³/mol. The van der Waals surface area contributed by atoms with Crippen molar-refractivity contribution in [1.82, 2.24) is 20.0 Å². The summed E-state index contributed by atoms with van der Waals surface area (Å²) in [5, 5.41) is 16.1. The first-order chi connectivity index (χ1) is 16.9. The number of rotatable bonds is 8. The maximum Gasteiger partial charge on any atom is 0.420 e. The van der Waals surface area contributed by atoms with E-state index in [0.717, 1.165) is 29.3 Å². The van der Waals surface area contributed by atoms with Crippen LogP contribution in [-0.2, 0) is 0 Å². The standard InChI is InChI=1S/C23H22F5N5O3/c1-2-32(21(35)14-7-4-3-5-8-14)13-22(36,23(26,27)28)12-30-20(34)15-11-31-33(19(15)29)18-16(24)9-6-10-17(18)25/h3-11,36H,2,12-13,29H2,1H3,(H,30,34). The van der Waals surface area contributed by atoms with Gasteiger partial charge in [0.15, 0.2) is 17.2 Å². The predicted octanol–water partition coefficient (Wildman–Crippen LogP) is 2.92. The van der Waals surface area contributed by atoms with E-state index in [9.17, 15) is 36.6 Å². The molecule has 8 nitrogen and oxygen atoms in total. The Morgan fingerprint density at radius 1 is 1.08 bits per heavy atom. The Hall–Kier alpha value is -4.00. The summed E-state index contributed by atoms with van der Waals surface area (Å²) in [4.78, 5) is 26.0. The second-order valence-electron chi connectivity index (χ2n) is 7.82. The van der Waals surface area contributed by atoms with E-state index < -0.39 is 65.4 Å². The molecule has 2 aromatic carbocycles. The van der Waals surface area contributed by atoms with Crippen molar-refractivity contribution in [3.05, 3.63) is 77.5 Å². The zero-order valence-electron chi connectivity index (χ0n) is 18.9. The number of nitrogens with zero attached hydrogens (tertiary/aromatic N) is 3. The third-order valence-electron chi connectivity index (χ3n) is 5.41. The first-order valence-corrected chi connectivity index (χ1v) is 10.6. The molecule has 192 valence electrons. The van der Waals surface area contributed by atoms with Crippen LogP contribution in [0.25, 0.3) is 5.69 Å². The molecule has 1 unspecified atom stereocenters. The minimum Gasteiger partial charge on any atom is -0.383 e. The molecule has 0 aliphatic rings. The molecule has 0 fully saturated rings. The molecule has 0 saturated carbocycles. The number of nitrogens with two attached hydrogens (primary N) is 1. The second-order valence-corrected chi connectivity index (χ2v) is 7.82. The van der Waals surface area contributed by atoms with Crippen LogP contribution in [-0.4, -0.2) is 63.0 Å². The van der Waals surface area contributed by atoms with Gasteiger partial charge in [-0.2, -0.15) is 18.3 Å². The molecule has 0 spiro atoms. The number of alkyl halides is 3. The van der Waals surface area contributed by atoms with Gasteiger partial charge < -0.3 is 21.1 Å². The van der Waals surface area contributed by atoms with Crippen molar-refractivity contribution in [1.29, 1.82) is 0 Å². The Bertz CT molecular complexity index is 1230. The van der Waals surface area contributed by atoms with Gasteiger partial charge in [-0.05, 0) is 31.2 Å². The van der Waals surface area contributed by atoms with E-state index in [1.807, 2.05) is 5.32 Å². The summed E-state index contributed by atoms with van der Waals surface area (Å²) in [7, 11) is 0. The molecule has 1 heterocycles. The maximum atomic E-state index is 14.1. The maximum absolute atomic E-state index is 14.1. The van der Waals surface area contributed by atoms with Crippen LogP contribution in [0.4, 0.5) is 27.8 Å². The van der Waals surface area contributed by atoms with Gasteiger partial charge in [0, 0.05) is 12.1 Å². The monoisotopic (exact) mass is 511 g/mol. The number of halogens is 5. The molecular weight excluding hydrogens is 489 g/mol. The van der Waals surface area contributed by atoms with Gasteiger partial charge in [-0.15, -0.1) is 0 Å². The minimum absolute atomic E-state index is 0.119. The topological polar surface area (TPSA) is 113 Å². The molecular formula is C23H22F5N5O3. The number of hydrogen-bond acceptors (Lipinski definition) is 5. The molecule has 36 heavy (non-hydrogen) atoms. The summed E-state index contributed by atoms with van der Waals surface area (Å²) in [6.07, 6.45) is -4.42. The molecule has 3 aromatic rings. The van der Waals surface area contributed by atoms with E-state index in [2.05, 4.69) is 5.10 Å². The number of aromatic nitrogens is 2. The number of amides is 2. The number of likely N-dealkylation sites (N-methyl/N-ethyl adjacent to an activating group) is 1. The summed E-state index contributed by atoms with van der Waals surface area (Å²) < 4.78 is 70.3. The summed E-state index contributed by atoms with van der Waals surface area (Å²) >= 11 is 0. The summed E-state index contributed by atoms with van der Waals surface area (Å²) in [6, 6.07) is 10.5. The van der Waals surface area contributed by atoms with Gasteiger partial charge in [0.05, 0.1) is 19.3 Å². The normalized spacial score (nSPS) is 13.2. The molecule has 0 saturated heterocycles. The number of para-hydroxylation sites is 1. The first-order valence-electron chi connectivity index (χ1n) is 10.6. The molecule has 0 aliphatic heterocycles. The number of anilines is 1. The lowest BCUT2D eigenvalue weighted by Crippen LogP contribution is -2.60. The Labute approximate surface area is 202 Å². The molecule has 4 N–H and O–H groups in total. The quantitative estimate of drug-likeness (QED) is 0.403. The zero-order valence-corrected chi connectivity index (χ0v) is 18.9. The van der Waals surface area contributed by atoms with Crippen LogP contribution in [0.2, 0.25) is 0 Å². The van der Waals surface area contributed by atoms with E-state index in [1.165, 1.54) is 31.2 Å². The molecule has 13 heteroatoms. The highest BCUT2D eigenvalue weighted by Gasteiger charge is 2.55. The van der Waals surface area contributed by atoms with Gasteiger partial charge >= 0.3 is 6.18 Å². The summed E-state index contributed by atoms with van der Waals surface area (Å²) in [6.45, 7) is -1.23. The van der Waals surface area contributed by atoms with Crippen molar-refractivity contribution < 1.29 is 36.6 Å². The number of aliphatic hydroxyl groups is 1. The molecule has 0 aliphatic carbocycles. The van der Waals surface area contributed by atoms with E-state index in [4.69, 9.17) is 5.73 Å². The number of hydrogen-bond donors (Lipinski definition) is 3. The molecule has 3 rings (SSSR count). The Kier molecular flexibility index (Phi) is 7.62. The molecule has 1 atom stereocenters. The first kappa shape index (κ1) is 26.6. The third-order valence-corrected chi connectivity index (χ3v) is 5.41. The lowest BCUT2D eigenvalue weighted by atomic mass is 10.0. The van der Waals surface area contributed by atoms with Crippen LogP contribution in [0.1, 0.15) is 27.6 Å². The van der Waals surface area contributed by atoms with Gasteiger partial charge in [-0.3, -0.25) is 9.59 Å². The van der Waals surface area contributed by atoms with E-state index in [0.29, 0.717) is 4.68 Å². The Morgan fingerprint density at radius 3 is 2.25 bits per heavy atom. The average Bonchev–Trinajstić information content (AvgIpc) is 3.21. The van der Waals surface area contributed by atoms with Gasteiger partial charge in [-0.25, -0.2) is 13.5 Å². The summed E-state index contributed by atoms with van der Waals surface area (Å²) in [5.74, 6) is -4.54. The molecule has 2 amide bonds. The van der Waals surface area contributed by atoms with Crippen molar-refractivity contribution in [3.8, 4) is 5.69 Å². The van der Waals surface area contributed by atoms with Gasteiger partial charge in [0.25, 0.3) is 11.8 Å². The highest BCUT2D eigenvalue weighted by Crippen LogP contribution is 2.31. The van der Waals surface area contributed by atoms with Crippen molar-refractivity contribution in [2.45, 2.75) is 18.7 Å². The van der Waals surface area contributed by atoms with Crippen LogP contribution in [0.3, 0.4) is 0 Å². The lowest BCUT2D eigenvalue weighted by molar-refractivity contribution is -0.259. The summed E-state index contributed by atoms with van der Waals surface area (Å²) in [5.41, 5.74) is 1.21. The van der Waals surface area contributed by atoms with Gasteiger partial charge in [0.2, 0.25) is 0 Å². The third kappa shape index (κ3) is 5.30. The Morgan fingerprint density at radius 2 is 1.69 bits per heavy atom. The fourth-order valence-corrected chi connectivity index (χ4v) is 3.38. The van der Waals surface area contributed by atoms with E-state index in [-0.39, 0.29) is 12.1 Å². The van der Waals surface area contributed by atoms with Crippen molar-refractivity contribution in [2.24, 2.45) is 0 Å². The van der Waals surface area contributed by atoms with Crippen LogP contribution >= 0.6 is 0 Å². The average molecular weight is 511 g/mol. The number of nitrogen functional groups attached to an aromatic ring is 1. The van der Waals surface area contributed by atoms with Gasteiger partial charge in [-0.1, -0.05) is 24.3 Å². The fourth-order valence-electron chi connectivity index (χ4n) is 3.38. The van der Waals surface area contributed by atoms with Crippen LogP contribution in [0.15, 0.2) is 54.7 Å². The van der Waals surface area contributed by atoms with Crippen molar-refractivity contribution >= 4 is 17.6 Å². The highest BCUT2D eigenvalue weighted by atomic mass is 19.4. The number of nitrogens with one attached hydrogen (secondary N) is 1. The molecule has 1 aromatic heterocycles. The largest absolute Gasteiger partial charge is 0.420 e. The van der Waals surface area contributed by atoms with Crippen molar-refractivity contribution in [2.75, 3.05) is 25.4 Å². The fraction of sp³-hybridized carbons (Fsp3) is 0.261. The van der Waals surface area contributed by atoms with Crippen LogP contribution in [0, 0.1) is 11.6 Å². The van der Waals surface area contributed by atoms with Crippen molar-refractivity contribution in [3.63, 3.8) is 0 Å². The highest BCUT2D eigenvalue weighted by molar-refractivity contribution is 5.98. The SMILES string of the molecule is CCN(CC(O)(CNC(=O)c1cnn(-c2c(F)cccc2F)c1N)C(F)(F)F)C(=O)c1ccccc1. The Balaban J connectivity index is 1.81. The number of carbonyl (C=O) groups excluding carboxylic acids is 2. The molecule has 0 radical (unpaired) electrons. The van der Waals surface area contributed by atoms with E-state index in [1.54, 1.807) is 6.07 Å². The molecule has 0 bridgehead atoms. The number of carbonyl (C=O) groups is 2. The van der Waals surface area contributed by atoms with Crippen LogP contribution < -0.4 is 11.1 Å². The van der Waals surface area contributed by atoms with E-state index >= 15 is 0 Å².